The van der Waals surface area contributed by atoms with E-state index in [1.165, 1.54) is 16.2 Å². The molecular weight excluding hydrogens is 550 g/mol. The van der Waals surface area contributed by atoms with Gasteiger partial charge >= 0.3 is 0 Å². The van der Waals surface area contributed by atoms with Crippen LogP contribution in [-0.2, 0) is 6.42 Å². The number of allylic oxidation sites excluding steroid dienone is 1. The number of rotatable bonds is 4. The molecule has 4 nitrogen and oxygen atoms in total. The summed E-state index contributed by atoms with van der Waals surface area (Å²) in [7, 11) is 0. The lowest BCUT2D eigenvalue weighted by molar-refractivity contribution is 0.546. The first kappa shape index (κ1) is 25.6. The second kappa shape index (κ2) is 10.4. The summed E-state index contributed by atoms with van der Waals surface area (Å²) in [5.41, 5.74) is 7.11. The number of aromatic nitrogens is 3. The molecule has 0 spiro atoms. The summed E-state index contributed by atoms with van der Waals surface area (Å²) in [6.07, 6.45) is 3.94. The first-order valence-electron chi connectivity index (χ1n) is 15.3. The van der Waals surface area contributed by atoms with Gasteiger partial charge in [0.25, 0.3) is 0 Å². The van der Waals surface area contributed by atoms with Gasteiger partial charge < -0.3 is 4.42 Å². The maximum atomic E-state index is 6.71. The minimum atomic E-state index is 0.654. The highest BCUT2D eigenvalue weighted by molar-refractivity contribution is 6.03. The molecule has 0 radical (unpaired) electrons. The van der Waals surface area contributed by atoms with Crippen molar-refractivity contribution < 1.29 is 4.42 Å². The zero-order chi connectivity index (χ0) is 29.7. The molecule has 4 heteroatoms. The standard InChI is InChI=1S/C41H27N3O/c1-2-12-28(13-3-1)39-42-40(32-23-21-27-11-5-7-15-30(27)25-32)44-41(43-39)35-18-9-19-36-37(35)34-17-8-16-33(38(34)45-36)31-22-20-26-10-4-6-14-29(26)24-31/h1-8,10-18,20-25H,9,19H2. The molecule has 9 rings (SSSR count). The fraction of sp³-hybridized carbons (Fsp3) is 0.0488. The van der Waals surface area contributed by atoms with Gasteiger partial charge in [-0.25, -0.2) is 15.0 Å². The lowest BCUT2D eigenvalue weighted by Gasteiger charge is -2.14. The first-order valence-corrected chi connectivity index (χ1v) is 15.3. The highest BCUT2D eigenvalue weighted by Gasteiger charge is 2.26. The predicted octanol–water partition coefficient (Wildman–Crippen LogP) is 10.3. The van der Waals surface area contributed by atoms with Gasteiger partial charge in [-0.05, 0) is 45.7 Å². The van der Waals surface area contributed by atoms with Crippen molar-refractivity contribution in [2.45, 2.75) is 12.8 Å². The molecule has 2 aromatic heterocycles. The molecule has 0 saturated carbocycles. The number of furan rings is 1. The fourth-order valence-corrected chi connectivity index (χ4v) is 6.55. The van der Waals surface area contributed by atoms with E-state index in [0.717, 1.165) is 68.3 Å². The van der Waals surface area contributed by atoms with Crippen molar-refractivity contribution in [3.8, 4) is 33.9 Å². The van der Waals surface area contributed by atoms with E-state index in [-0.39, 0.29) is 0 Å². The van der Waals surface area contributed by atoms with Crippen LogP contribution in [0, 0.1) is 0 Å². The van der Waals surface area contributed by atoms with Gasteiger partial charge in [0.2, 0.25) is 0 Å². The second-order valence-corrected chi connectivity index (χ2v) is 11.5. The molecule has 45 heavy (non-hydrogen) atoms. The number of hydrogen-bond donors (Lipinski definition) is 0. The third-order valence-electron chi connectivity index (χ3n) is 8.75. The number of para-hydroxylation sites is 1. The van der Waals surface area contributed by atoms with E-state index in [9.17, 15) is 0 Å². The van der Waals surface area contributed by atoms with E-state index in [0.29, 0.717) is 17.5 Å². The Balaban J connectivity index is 1.22. The zero-order valence-corrected chi connectivity index (χ0v) is 24.4. The van der Waals surface area contributed by atoms with Crippen molar-refractivity contribution in [3.05, 3.63) is 157 Å². The molecule has 0 fully saturated rings. The Morgan fingerprint density at radius 3 is 1.87 bits per heavy atom. The van der Waals surface area contributed by atoms with E-state index < -0.39 is 0 Å². The molecular formula is C41H27N3O. The molecule has 0 saturated heterocycles. The highest BCUT2D eigenvalue weighted by Crippen LogP contribution is 2.42. The Morgan fingerprint density at radius 1 is 0.489 bits per heavy atom. The molecule has 212 valence electrons. The quantitative estimate of drug-likeness (QED) is 0.209. The average molecular weight is 578 g/mol. The SMILES string of the molecule is C1=C(c2nc(-c3ccccc3)nc(-c3ccc4ccccc4c3)n2)c2c(oc3c(-c4ccc5ccccc5c4)cccc23)CC1. The van der Waals surface area contributed by atoms with E-state index >= 15 is 0 Å². The molecule has 0 amide bonds. The number of nitrogens with zero attached hydrogens (tertiary/aromatic N) is 3. The van der Waals surface area contributed by atoms with Gasteiger partial charge in [-0.2, -0.15) is 0 Å². The van der Waals surface area contributed by atoms with Crippen LogP contribution in [0.1, 0.15) is 23.6 Å². The van der Waals surface area contributed by atoms with Crippen LogP contribution in [0.5, 0.6) is 0 Å². The van der Waals surface area contributed by atoms with Crippen molar-refractivity contribution >= 4 is 38.1 Å². The second-order valence-electron chi connectivity index (χ2n) is 11.5. The van der Waals surface area contributed by atoms with Crippen molar-refractivity contribution in [1.82, 2.24) is 15.0 Å². The lowest BCUT2D eigenvalue weighted by atomic mass is 9.92. The van der Waals surface area contributed by atoms with Gasteiger partial charge in [-0.1, -0.05) is 127 Å². The third-order valence-corrected chi connectivity index (χ3v) is 8.75. The summed E-state index contributed by atoms with van der Waals surface area (Å²) in [6, 6.07) is 46.4. The van der Waals surface area contributed by atoms with Crippen LogP contribution in [0.15, 0.2) is 144 Å². The number of hydrogen-bond acceptors (Lipinski definition) is 4. The number of benzene rings is 6. The topological polar surface area (TPSA) is 51.8 Å². The van der Waals surface area contributed by atoms with E-state index in [1.54, 1.807) is 0 Å². The van der Waals surface area contributed by atoms with Gasteiger partial charge in [0.1, 0.15) is 11.3 Å². The van der Waals surface area contributed by atoms with Crippen LogP contribution in [0.4, 0.5) is 0 Å². The summed E-state index contributed by atoms with van der Waals surface area (Å²) >= 11 is 0. The van der Waals surface area contributed by atoms with Gasteiger partial charge in [0, 0.05) is 39.6 Å². The van der Waals surface area contributed by atoms with Gasteiger partial charge in [0.05, 0.1) is 0 Å². The molecule has 0 aliphatic heterocycles. The zero-order valence-electron chi connectivity index (χ0n) is 24.4. The van der Waals surface area contributed by atoms with Crippen LogP contribution in [0.3, 0.4) is 0 Å². The number of aryl methyl sites for hydroxylation is 1. The van der Waals surface area contributed by atoms with Crippen LogP contribution in [-0.4, -0.2) is 15.0 Å². The Kier molecular flexibility index (Phi) is 5.91. The first-order chi connectivity index (χ1) is 22.3. The third kappa shape index (κ3) is 4.42. The summed E-state index contributed by atoms with van der Waals surface area (Å²) in [6.45, 7) is 0. The Hall–Kier alpha value is -5.87. The number of fused-ring (bicyclic) bond motifs is 5. The van der Waals surface area contributed by atoms with Crippen LogP contribution >= 0.6 is 0 Å². The predicted molar refractivity (Wildman–Crippen MR) is 183 cm³/mol. The van der Waals surface area contributed by atoms with Gasteiger partial charge in [-0.15, -0.1) is 0 Å². The minimum Gasteiger partial charge on any atom is -0.460 e. The molecule has 8 aromatic rings. The van der Waals surface area contributed by atoms with Gasteiger partial charge in [-0.3, -0.25) is 0 Å². The monoisotopic (exact) mass is 577 g/mol. The minimum absolute atomic E-state index is 0.654. The van der Waals surface area contributed by atoms with Crippen LogP contribution < -0.4 is 0 Å². The molecule has 1 aliphatic rings. The maximum Gasteiger partial charge on any atom is 0.164 e. The summed E-state index contributed by atoms with van der Waals surface area (Å²) in [5, 5.41) is 5.85. The highest BCUT2D eigenvalue weighted by atomic mass is 16.3. The van der Waals surface area contributed by atoms with Crippen molar-refractivity contribution in [3.63, 3.8) is 0 Å². The molecule has 2 heterocycles. The van der Waals surface area contributed by atoms with Crippen molar-refractivity contribution in [2.24, 2.45) is 0 Å². The summed E-state index contributed by atoms with van der Waals surface area (Å²) in [5.74, 6) is 2.94. The molecule has 0 bridgehead atoms. The van der Waals surface area contributed by atoms with Crippen LogP contribution in [0.2, 0.25) is 0 Å². The Bertz CT molecular complexity index is 2440. The lowest BCUT2D eigenvalue weighted by Crippen LogP contribution is -2.06. The molecule has 0 N–H and O–H groups in total. The largest absolute Gasteiger partial charge is 0.460 e. The molecule has 6 aromatic carbocycles. The fourth-order valence-electron chi connectivity index (χ4n) is 6.55. The maximum absolute atomic E-state index is 6.71. The Morgan fingerprint density at radius 2 is 1.11 bits per heavy atom. The van der Waals surface area contributed by atoms with E-state index in [1.807, 2.05) is 30.3 Å². The summed E-state index contributed by atoms with van der Waals surface area (Å²) in [4.78, 5) is 15.2. The van der Waals surface area contributed by atoms with E-state index in [4.69, 9.17) is 19.4 Å². The molecule has 1 aliphatic carbocycles. The molecule has 0 atom stereocenters. The summed E-state index contributed by atoms with van der Waals surface area (Å²) < 4.78 is 6.71. The normalized spacial score (nSPS) is 12.8. The van der Waals surface area contributed by atoms with Gasteiger partial charge in [0.15, 0.2) is 17.5 Å². The van der Waals surface area contributed by atoms with Crippen molar-refractivity contribution in [1.29, 1.82) is 0 Å². The average Bonchev–Trinajstić information content (AvgIpc) is 3.51. The van der Waals surface area contributed by atoms with Crippen molar-refractivity contribution in [2.75, 3.05) is 0 Å². The Labute approximate surface area is 260 Å². The molecule has 0 unspecified atom stereocenters. The van der Waals surface area contributed by atoms with E-state index in [2.05, 4.69) is 109 Å². The smallest absolute Gasteiger partial charge is 0.164 e. The van der Waals surface area contributed by atoms with Crippen LogP contribution in [0.25, 0.3) is 72.0 Å².